The second kappa shape index (κ2) is 51.8. The van der Waals surface area contributed by atoms with E-state index in [0.717, 1.165) is 69.6 Å². The van der Waals surface area contributed by atoms with Crippen LogP contribution in [0.5, 0.6) is 0 Å². The van der Waals surface area contributed by atoms with Crippen LogP contribution in [0.25, 0.3) is 0 Å². The number of hydrogen-bond acceptors (Lipinski definition) is 6. The van der Waals surface area contributed by atoms with E-state index in [-0.39, 0.29) is 31.1 Å². The Morgan fingerprint density at radius 3 is 0.877 bits per heavy atom. The van der Waals surface area contributed by atoms with Gasteiger partial charge < -0.3 is 14.2 Å². The Balaban J connectivity index is 4.21. The number of esters is 3. The zero-order valence-electron chi connectivity index (χ0n) is 44.6. The van der Waals surface area contributed by atoms with Gasteiger partial charge in [0.05, 0.1) is 0 Å². The Kier molecular flexibility index (Phi) is 50.5. The summed E-state index contributed by atoms with van der Waals surface area (Å²) < 4.78 is 16.9. The fourth-order valence-corrected chi connectivity index (χ4v) is 9.02. The third-order valence-electron chi connectivity index (χ3n) is 13.8. The standard InChI is InChI=1S/C59H114O6/c1-6-8-9-10-11-12-13-23-29-34-39-44-49-57(60)63-52-56(65-59(62)51-46-41-36-31-26-25-27-32-37-42-47-54(3)4)53-64-58(61)50-45-40-35-30-24-21-19-17-15-14-16-18-20-22-28-33-38-43-48-55(5)7-2/h54-56H,6-53H2,1-5H3/t55?,56-/m1/s1. The quantitative estimate of drug-likeness (QED) is 0.0344. The minimum atomic E-state index is -0.762. The van der Waals surface area contributed by atoms with Gasteiger partial charge in [-0.2, -0.15) is 0 Å². The molecule has 0 heterocycles. The van der Waals surface area contributed by atoms with Crippen LogP contribution in [0.4, 0.5) is 0 Å². The van der Waals surface area contributed by atoms with Crippen molar-refractivity contribution in [1.29, 1.82) is 0 Å². The summed E-state index contributed by atoms with van der Waals surface area (Å²) in [5.74, 6) is 0.886. The minimum Gasteiger partial charge on any atom is -0.462 e. The van der Waals surface area contributed by atoms with Gasteiger partial charge in [-0.25, -0.2) is 0 Å². The topological polar surface area (TPSA) is 78.9 Å². The van der Waals surface area contributed by atoms with Crippen molar-refractivity contribution in [2.24, 2.45) is 11.8 Å². The molecule has 0 amide bonds. The molecule has 6 heteroatoms. The lowest BCUT2D eigenvalue weighted by Crippen LogP contribution is -2.30. The number of rotatable bonds is 53. The molecule has 0 aromatic carbocycles. The monoisotopic (exact) mass is 919 g/mol. The van der Waals surface area contributed by atoms with Crippen molar-refractivity contribution < 1.29 is 28.6 Å². The van der Waals surface area contributed by atoms with Gasteiger partial charge in [0.1, 0.15) is 13.2 Å². The number of unbranched alkanes of at least 4 members (excludes halogenated alkanes) is 37. The Morgan fingerprint density at radius 2 is 0.585 bits per heavy atom. The van der Waals surface area contributed by atoms with Gasteiger partial charge in [0.25, 0.3) is 0 Å². The predicted octanol–water partition coefficient (Wildman–Crippen LogP) is 19.3. The van der Waals surface area contributed by atoms with Crippen molar-refractivity contribution in [2.75, 3.05) is 13.2 Å². The summed E-state index contributed by atoms with van der Waals surface area (Å²) in [6.45, 7) is 11.4. The van der Waals surface area contributed by atoms with Crippen LogP contribution in [0.3, 0.4) is 0 Å². The van der Waals surface area contributed by atoms with Crippen molar-refractivity contribution in [3.8, 4) is 0 Å². The average molecular weight is 920 g/mol. The van der Waals surface area contributed by atoms with Crippen molar-refractivity contribution >= 4 is 17.9 Å². The highest BCUT2D eigenvalue weighted by Crippen LogP contribution is 2.19. The zero-order valence-corrected chi connectivity index (χ0v) is 44.6. The zero-order chi connectivity index (χ0) is 47.5. The normalized spacial score (nSPS) is 12.5. The van der Waals surface area contributed by atoms with Crippen molar-refractivity contribution in [1.82, 2.24) is 0 Å². The first-order valence-electron chi connectivity index (χ1n) is 29.3. The van der Waals surface area contributed by atoms with E-state index in [1.165, 1.54) is 218 Å². The van der Waals surface area contributed by atoms with E-state index in [2.05, 4.69) is 34.6 Å². The summed E-state index contributed by atoms with van der Waals surface area (Å²) >= 11 is 0. The number of carbonyl (C=O) groups is 3. The molecule has 0 radical (unpaired) electrons. The van der Waals surface area contributed by atoms with Crippen LogP contribution in [-0.4, -0.2) is 37.2 Å². The van der Waals surface area contributed by atoms with E-state index < -0.39 is 6.10 Å². The molecule has 1 unspecified atom stereocenters. The van der Waals surface area contributed by atoms with Gasteiger partial charge in [-0.3, -0.25) is 14.4 Å². The summed E-state index contributed by atoms with van der Waals surface area (Å²) in [5, 5.41) is 0. The van der Waals surface area contributed by atoms with Gasteiger partial charge in [-0.05, 0) is 31.1 Å². The highest BCUT2D eigenvalue weighted by atomic mass is 16.6. The fourth-order valence-electron chi connectivity index (χ4n) is 9.02. The molecule has 0 saturated carbocycles. The number of hydrogen-bond donors (Lipinski definition) is 0. The highest BCUT2D eigenvalue weighted by molar-refractivity contribution is 5.71. The molecule has 0 fully saturated rings. The molecule has 0 aliphatic carbocycles. The molecule has 2 atom stereocenters. The van der Waals surface area contributed by atoms with E-state index in [1.54, 1.807) is 0 Å². The molecule has 6 nitrogen and oxygen atoms in total. The van der Waals surface area contributed by atoms with E-state index in [4.69, 9.17) is 14.2 Å². The number of carbonyl (C=O) groups excluding carboxylic acids is 3. The van der Waals surface area contributed by atoms with Gasteiger partial charge in [0.15, 0.2) is 6.10 Å². The molecular weight excluding hydrogens is 805 g/mol. The lowest BCUT2D eigenvalue weighted by Gasteiger charge is -2.18. The molecule has 65 heavy (non-hydrogen) atoms. The van der Waals surface area contributed by atoms with Gasteiger partial charge in [0, 0.05) is 19.3 Å². The van der Waals surface area contributed by atoms with Crippen LogP contribution in [-0.2, 0) is 28.6 Å². The van der Waals surface area contributed by atoms with Crippen molar-refractivity contribution in [3.63, 3.8) is 0 Å². The Morgan fingerprint density at radius 1 is 0.323 bits per heavy atom. The van der Waals surface area contributed by atoms with Crippen LogP contribution in [0.2, 0.25) is 0 Å². The molecule has 0 spiro atoms. The molecule has 0 aromatic rings. The van der Waals surface area contributed by atoms with E-state index >= 15 is 0 Å². The van der Waals surface area contributed by atoms with E-state index in [1.807, 2.05) is 0 Å². The average Bonchev–Trinajstić information content (AvgIpc) is 3.29. The first kappa shape index (κ1) is 63.4. The van der Waals surface area contributed by atoms with Crippen LogP contribution in [0, 0.1) is 11.8 Å². The molecule has 0 aliphatic rings. The van der Waals surface area contributed by atoms with Crippen molar-refractivity contribution in [2.45, 2.75) is 336 Å². The Bertz CT molecular complexity index is 995. The van der Waals surface area contributed by atoms with Crippen LogP contribution in [0.1, 0.15) is 330 Å². The van der Waals surface area contributed by atoms with E-state index in [0.29, 0.717) is 19.3 Å². The SMILES string of the molecule is CCCCCCCCCCCCCCC(=O)OC[C@H](COC(=O)CCCCCCCCCCCCCCCCCCCCC(C)CC)OC(=O)CCCCCCCCCCCCC(C)C. The Hall–Kier alpha value is -1.59. The first-order chi connectivity index (χ1) is 31.8. The second-order valence-corrected chi connectivity index (χ2v) is 21.0. The first-order valence-corrected chi connectivity index (χ1v) is 29.3. The van der Waals surface area contributed by atoms with Crippen LogP contribution >= 0.6 is 0 Å². The summed E-state index contributed by atoms with van der Waals surface area (Å²) in [5.41, 5.74) is 0. The highest BCUT2D eigenvalue weighted by Gasteiger charge is 2.19. The van der Waals surface area contributed by atoms with E-state index in [9.17, 15) is 14.4 Å². The number of ether oxygens (including phenoxy) is 3. The molecular formula is C59H114O6. The fraction of sp³-hybridized carbons (Fsp3) is 0.949. The van der Waals surface area contributed by atoms with Gasteiger partial charge in [-0.1, -0.05) is 291 Å². The minimum absolute atomic E-state index is 0.0628. The lowest BCUT2D eigenvalue weighted by molar-refractivity contribution is -0.167. The molecule has 0 aliphatic heterocycles. The molecule has 0 aromatic heterocycles. The van der Waals surface area contributed by atoms with Crippen LogP contribution in [0.15, 0.2) is 0 Å². The maximum atomic E-state index is 12.8. The van der Waals surface area contributed by atoms with Gasteiger partial charge in [-0.15, -0.1) is 0 Å². The second-order valence-electron chi connectivity index (χ2n) is 21.0. The van der Waals surface area contributed by atoms with Crippen molar-refractivity contribution in [3.05, 3.63) is 0 Å². The maximum absolute atomic E-state index is 12.8. The van der Waals surface area contributed by atoms with Crippen LogP contribution < -0.4 is 0 Å². The summed E-state index contributed by atoms with van der Waals surface area (Å²) in [6, 6.07) is 0. The van der Waals surface area contributed by atoms with Gasteiger partial charge >= 0.3 is 17.9 Å². The molecule has 386 valence electrons. The molecule has 0 bridgehead atoms. The molecule has 0 rings (SSSR count). The summed E-state index contributed by atoms with van der Waals surface area (Å²) in [7, 11) is 0. The third-order valence-corrected chi connectivity index (χ3v) is 13.8. The van der Waals surface area contributed by atoms with Gasteiger partial charge in [0.2, 0.25) is 0 Å². The maximum Gasteiger partial charge on any atom is 0.306 e. The smallest absolute Gasteiger partial charge is 0.306 e. The summed E-state index contributed by atoms with van der Waals surface area (Å²) in [4.78, 5) is 38.1. The predicted molar refractivity (Wildman–Crippen MR) is 280 cm³/mol. The largest absolute Gasteiger partial charge is 0.462 e. The molecule has 0 saturated heterocycles. The Labute approximate surface area is 406 Å². The summed E-state index contributed by atoms with van der Waals surface area (Å²) in [6.07, 6.45) is 55.2. The third kappa shape index (κ3) is 51.6. The molecule has 0 N–H and O–H groups in total. The lowest BCUT2D eigenvalue weighted by atomic mass is 9.99.